The summed E-state index contributed by atoms with van der Waals surface area (Å²) in [7, 11) is 1.77. The van der Waals surface area contributed by atoms with Crippen LogP contribution in [0.3, 0.4) is 0 Å². The van der Waals surface area contributed by atoms with Gasteiger partial charge < -0.3 is 10.5 Å². The van der Waals surface area contributed by atoms with Gasteiger partial charge in [-0.1, -0.05) is 32.9 Å². The predicted octanol–water partition coefficient (Wildman–Crippen LogP) is 3.58. The first kappa shape index (κ1) is 15.0. The summed E-state index contributed by atoms with van der Waals surface area (Å²) in [5.41, 5.74) is 9.63. The molecule has 0 aliphatic heterocycles. The SMILES string of the molecule is COc1c(C(C)(C)C)ccc(C)c1CCCCN. The molecule has 0 bridgehead atoms. The number of hydrogen-bond acceptors (Lipinski definition) is 2. The molecule has 0 heterocycles. The van der Waals surface area contributed by atoms with Gasteiger partial charge in [0.05, 0.1) is 7.11 Å². The second kappa shape index (κ2) is 6.24. The van der Waals surface area contributed by atoms with Crippen molar-refractivity contribution in [2.75, 3.05) is 13.7 Å². The van der Waals surface area contributed by atoms with Gasteiger partial charge in [0, 0.05) is 0 Å². The summed E-state index contributed by atoms with van der Waals surface area (Å²) in [5, 5.41) is 0. The molecule has 0 saturated carbocycles. The molecule has 0 aromatic heterocycles. The van der Waals surface area contributed by atoms with Crippen LogP contribution < -0.4 is 10.5 Å². The van der Waals surface area contributed by atoms with Gasteiger partial charge in [-0.05, 0) is 54.8 Å². The highest BCUT2D eigenvalue weighted by atomic mass is 16.5. The number of hydrogen-bond donors (Lipinski definition) is 1. The summed E-state index contributed by atoms with van der Waals surface area (Å²) in [6, 6.07) is 4.40. The van der Waals surface area contributed by atoms with Crippen molar-refractivity contribution in [3.8, 4) is 5.75 Å². The molecule has 2 nitrogen and oxygen atoms in total. The molecule has 0 unspecified atom stereocenters. The lowest BCUT2D eigenvalue weighted by Crippen LogP contribution is -2.14. The quantitative estimate of drug-likeness (QED) is 0.809. The van der Waals surface area contributed by atoms with Crippen LogP contribution in [0.25, 0.3) is 0 Å². The minimum Gasteiger partial charge on any atom is -0.496 e. The number of aryl methyl sites for hydroxylation is 1. The van der Waals surface area contributed by atoms with Gasteiger partial charge in [-0.2, -0.15) is 0 Å². The summed E-state index contributed by atoms with van der Waals surface area (Å²) >= 11 is 0. The molecule has 1 rings (SSSR count). The molecule has 0 amide bonds. The largest absolute Gasteiger partial charge is 0.496 e. The third-order valence-electron chi connectivity index (χ3n) is 3.39. The summed E-state index contributed by atoms with van der Waals surface area (Å²) in [5.74, 6) is 1.07. The Morgan fingerprint density at radius 2 is 1.83 bits per heavy atom. The zero-order chi connectivity index (χ0) is 13.8. The fraction of sp³-hybridized carbons (Fsp3) is 0.625. The second-order valence-corrected chi connectivity index (χ2v) is 5.94. The molecular weight excluding hydrogens is 222 g/mol. The molecule has 0 aliphatic rings. The highest BCUT2D eigenvalue weighted by Gasteiger charge is 2.21. The second-order valence-electron chi connectivity index (χ2n) is 5.94. The predicted molar refractivity (Wildman–Crippen MR) is 78.4 cm³/mol. The first-order valence-electron chi connectivity index (χ1n) is 6.78. The Hall–Kier alpha value is -1.02. The zero-order valence-electron chi connectivity index (χ0n) is 12.5. The molecule has 0 aliphatic carbocycles. The molecule has 1 aromatic rings. The molecule has 1 aromatic carbocycles. The molecule has 0 atom stereocenters. The van der Waals surface area contributed by atoms with Gasteiger partial charge in [0.15, 0.2) is 0 Å². The van der Waals surface area contributed by atoms with Crippen molar-refractivity contribution < 1.29 is 4.74 Å². The summed E-state index contributed by atoms with van der Waals surface area (Å²) in [6.45, 7) is 9.60. The molecule has 2 heteroatoms. The van der Waals surface area contributed by atoms with E-state index in [0.29, 0.717) is 0 Å². The first-order chi connectivity index (χ1) is 8.41. The van der Waals surface area contributed by atoms with E-state index in [1.165, 1.54) is 16.7 Å². The van der Waals surface area contributed by atoms with Crippen molar-refractivity contribution >= 4 is 0 Å². The average Bonchev–Trinajstić information content (AvgIpc) is 2.29. The van der Waals surface area contributed by atoms with Crippen LogP contribution in [0.15, 0.2) is 12.1 Å². The zero-order valence-corrected chi connectivity index (χ0v) is 12.5. The summed E-state index contributed by atoms with van der Waals surface area (Å²) in [6.07, 6.45) is 3.25. The van der Waals surface area contributed by atoms with E-state index in [2.05, 4.69) is 39.8 Å². The van der Waals surface area contributed by atoms with Crippen molar-refractivity contribution in [1.29, 1.82) is 0 Å². The molecule has 0 spiro atoms. The van der Waals surface area contributed by atoms with Gasteiger partial charge in [0.1, 0.15) is 5.75 Å². The maximum Gasteiger partial charge on any atom is 0.126 e. The molecule has 2 N–H and O–H groups in total. The monoisotopic (exact) mass is 249 g/mol. The van der Waals surface area contributed by atoms with Gasteiger partial charge in [0.25, 0.3) is 0 Å². The average molecular weight is 249 g/mol. The molecule has 18 heavy (non-hydrogen) atoms. The number of benzene rings is 1. The van der Waals surface area contributed by atoms with Crippen LogP contribution in [-0.4, -0.2) is 13.7 Å². The highest BCUT2D eigenvalue weighted by molar-refractivity contribution is 5.49. The smallest absolute Gasteiger partial charge is 0.126 e. The number of unbranched alkanes of at least 4 members (excludes halogenated alkanes) is 1. The van der Waals surface area contributed by atoms with Crippen LogP contribution in [0.4, 0.5) is 0 Å². The Balaban J connectivity index is 3.14. The maximum atomic E-state index is 5.68. The van der Waals surface area contributed by atoms with Crippen LogP contribution in [0, 0.1) is 6.92 Å². The number of nitrogens with two attached hydrogens (primary N) is 1. The van der Waals surface area contributed by atoms with Crippen LogP contribution in [0.5, 0.6) is 5.75 Å². The van der Waals surface area contributed by atoms with Gasteiger partial charge in [-0.3, -0.25) is 0 Å². The van der Waals surface area contributed by atoms with Crippen molar-refractivity contribution in [3.05, 3.63) is 28.8 Å². The lowest BCUT2D eigenvalue weighted by molar-refractivity contribution is 0.391. The fourth-order valence-corrected chi connectivity index (χ4v) is 2.31. The molecular formula is C16H27NO. The Bertz CT molecular complexity index is 391. The first-order valence-corrected chi connectivity index (χ1v) is 6.78. The van der Waals surface area contributed by atoms with E-state index in [-0.39, 0.29) is 5.41 Å². The fourth-order valence-electron chi connectivity index (χ4n) is 2.31. The lowest BCUT2D eigenvalue weighted by Gasteiger charge is -2.25. The van der Waals surface area contributed by atoms with Crippen LogP contribution >= 0.6 is 0 Å². The van der Waals surface area contributed by atoms with Crippen LogP contribution in [0.1, 0.15) is 50.3 Å². The van der Waals surface area contributed by atoms with E-state index in [1.54, 1.807) is 7.11 Å². The molecule has 0 saturated heterocycles. The Morgan fingerprint density at radius 1 is 1.17 bits per heavy atom. The van der Waals surface area contributed by atoms with E-state index >= 15 is 0 Å². The van der Waals surface area contributed by atoms with Gasteiger partial charge >= 0.3 is 0 Å². The van der Waals surface area contributed by atoms with Crippen molar-refractivity contribution in [1.82, 2.24) is 0 Å². The van der Waals surface area contributed by atoms with Crippen molar-refractivity contribution in [2.24, 2.45) is 5.73 Å². The van der Waals surface area contributed by atoms with Crippen molar-refractivity contribution in [3.63, 3.8) is 0 Å². The minimum absolute atomic E-state index is 0.113. The number of rotatable bonds is 5. The van der Waals surface area contributed by atoms with E-state index < -0.39 is 0 Å². The summed E-state index contributed by atoms with van der Waals surface area (Å²) < 4.78 is 5.68. The van der Waals surface area contributed by atoms with Gasteiger partial charge in [-0.15, -0.1) is 0 Å². The topological polar surface area (TPSA) is 35.2 Å². The Morgan fingerprint density at radius 3 is 2.33 bits per heavy atom. The third kappa shape index (κ3) is 3.49. The van der Waals surface area contributed by atoms with Gasteiger partial charge in [0.2, 0.25) is 0 Å². The Kier molecular flexibility index (Phi) is 5.21. The van der Waals surface area contributed by atoms with E-state index in [1.807, 2.05) is 0 Å². The maximum absolute atomic E-state index is 5.68. The van der Waals surface area contributed by atoms with E-state index in [4.69, 9.17) is 10.5 Å². The van der Waals surface area contributed by atoms with Crippen molar-refractivity contribution in [2.45, 2.75) is 52.4 Å². The molecule has 0 fully saturated rings. The number of ether oxygens (including phenoxy) is 1. The number of methoxy groups -OCH3 is 1. The standard InChI is InChI=1S/C16H27NO/c1-12-9-10-14(16(2,3)4)15(18-5)13(12)8-6-7-11-17/h9-10H,6-8,11,17H2,1-5H3. The van der Waals surface area contributed by atoms with E-state index in [9.17, 15) is 0 Å². The summed E-state index contributed by atoms with van der Waals surface area (Å²) in [4.78, 5) is 0. The normalized spacial score (nSPS) is 11.7. The highest BCUT2D eigenvalue weighted by Crippen LogP contribution is 2.36. The minimum atomic E-state index is 0.113. The van der Waals surface area contributed by atoms with Gasteiger partial charge in [-0.25, -0.2) is 0 Å². The third-order valence-corrected chi connectivity index (χ3v) is 3.39. The molecule has 102 valence electrons. The Labute approximate surface area is 112 Å². The van der Waals surface area contributed by atoms with E-state index in [0.717, 1.165) is 31.6 Å². The van der Waals surface area contributed by atoms with Crippen LogP contribution in [0.2, 0.25) is 0 Å². The lowest BCUT2D eigenvalue weighted by atomic mass is 9.83. The van der Waals surface area contributed by atoms with Crippen LogP contribution in [-0.2, 0) is 11.8 Å². The molecule has 0 radical (unpaired) electrons.